The van der Waals surface area contributed by atoms with E-state index in [9.17, 15) is 30.7 Å². The monoisotopic (exact) mass is 344 g/mol. The van der Waals surface area contributed by atoms with Crippen LogP contribution in [0.2, 0.25) is 0 Å². The van der Waals surface area contributed by atoms with Gasteiger partial charge in [-0.2, -0.15) is 26.3 Å². The van der Waals surface area contributed by atoms with E-state index in [0.717, 1.165) is 6.07 Å². The van der Waals surface area contributed by atoms with Gasteiger partial charge in [-0.3, -0.25) is 4.90 Å². The molecule has 1 saturated heterocycles. The maximum Gasteiger partial charge on any atom is 0.419 e. The van der Waals surface area contributed by atoms with Gasteiger partial charge in [0, 0.05) is 32.2 Å². The summed E-state index contributed by atoms with van der Waals surface area (Å²) in [7, 11) is 0. The third-order valence-electron chi connectivity index (χ3n) is 3.70. The standard InChI is InChI=1S/C14H15F7N2/c15-11-7-9(1-2-10(11)14(19,20)21)12(8-13(16,17)18)23-5-3-22-4-6-23/h1-2,7,12,22H,3-6,8H2/t12-/m1/s1. The number of rotatable bonds is 3. The predicted octanol–water partition coefficient (Wildman–Crippen LogP) is 3.74. The van der Waals surface area contributed by atoms with Crippen LogP contribution >= 0.6 is 0 Å². The summed E-state index contributed by atoms with van der Waals surface area (Å²) in [6.45, 7) is 1.56. The highest BCUT2D eigenvalue weighted by molar-refractivity contribution is 5.29. The van der Waals surface area contributed by atoms with Gasteiger partial charge in [0.25, 0.3) is 0 Å². The second-order valence-corrected chi connectivity index (χ2v) is 5.36. The van der Waals surface area contributed by atoms with Crippen molar-refractivity contribution in [1.29, 1.82) is 0 Å². The normalized spacial score (nSPS) is 18.9. The van der Waals surface area contributed by atoms with Crippen LogP contribution in [0.4, 0.5) is 30.7 Å². The van der Waals surface area contributed by atoms with Crippen molar-refractivity contribution >= 4 is 0 Å². The third kappa shape index (κ3) is 4.81. The van der Waals surface area contributed by atoms with E-state index >= 15 is 0 Å². The Kier molecular flexibility index (Phi) is 5.20. The summed E-state index contributed by atoms with van der Waals surface area (Å²) in [5.41, 5.74) is -1.58. The van der Waals surface area contributed by atoms with E-state index in [1.165, 1.54) is 4.90 Å². The zero-order chi connectivity index (χ0) is 17.3. The van der Waals surface area contributed by atoms with Gasteiger partial charge < -0.3 is 5.32 Å². The van der Waals surface area contributed by atoms with Crippen molar-refractivity contribution in [3.63, 3.8) is 0 Å². The number of hydrogen-bond acceptors (Lipinski definition) is 2. The fourth-order valence-corrected chi connectivity index (χ4v) is 2.64. The molecule has 0 bridgehead atoms. The van der Waals surface area contributed by atoms with Crippen LogP contribution in [0.3, 0.4) is 0 Å². The predicted molar refractivity (Wildman–Crippen MR) is 69.3 cm³/mol. The molecule has 1 aliphatic heterocycles. The van der Waals surface area contributed by atoms with E-state index in [0.29, 0.717) is 38.3 Å². The Morgan fingerprint density at radius 2 is 1.65 bits per heavy atom. The second-order valence-electron chi connectivity index (χ2n) is 5.36. The van der Waals surface area contributed by atoms with Crippen molar-refractivity contribution in [3.05, 3.63) is 35.1 Å². The molecule has 1 atom stereocenters. The van der Waals surface area contributed by atoms with Crippen LogP contribution in [-0.2, 0) is 6.18 Å². The second kappa shape index (κ2) is 6.64. The SMILES string of the molecule is Fc1cc([C@@H](CC(F)(F)F)N2CCNCC2)ccc1C(F)(F)F. The molecule has 130 valence electrons. The quantitative estimate of drug-likeness (QED) is 0.841. The number of hydrogen-bond donors (Lipinski definition) is 1. The van der Waals surface area contributed by atoms with Crippen molar-refractivity contribution in [3.8, 4) is 0 Å². The maximum absolute atomic E-state index is 13.7. The first-order chi connectivity index (χ1) is 10.6. The highest BCUT2D eigenvalue weighted by Gasteiger charge is 2.38. The molecule has 1 aromatic rings. The third-order valence-corrected chi connectivity index (χ3v) is 3.70. The fourth-order valence-electron chi connectivity index (χ4n) is 2.64. The molecule has 1 heterocycles. The van der Waals surface area contributed by atoms with Crippen LogP contribution < -0.4 is 5.32 Å². The summed E-state index contributed by atoms with van der Waals surface area (Å²) in [4.78, 5) is 1.51. The number of benzene rings is 1. The van der Waals surface area contributed by atoms with Crippen LogP contribution in [0.15, 0.2) is 18.2 Å². The van der Waals surface area contributed by atoms with Gasteiger partial charge in [-0.05, 0) is 17.7 Å². The molecule has 2 rings (SSSR count). The van der Waals surface area contributed by atoms with Gasteiger partial charge in [0.2, 0.25) is 0 Å². The minimum absolute atomic E-state index is 0.102. The van der Waals surface area contributed by atoms with Crippen molar-refractivity contribution < 1.29 is 30.7 Å². The van der Waals surface area contributed by atoms with Gasteiger partial charge in [0.15, 0.2) is 0 Å². The van der Waals surface area contributed by atoms with Gasteiger partial charge in [-0.15, -0.1) is 0 Å². The Labute approximate surface area is 128 Å². The molecule has 9 heteroatoms. The minimum Gasteiger partial charge on any atom is -0.314 e. The van der Waals surface area contributed by atoms with Crippen LogP contribution in [0, 0.1) is 5.82 Å². The smallest absolute Gasteiger partial charge is 0.314 e. The van der Waals surface area contributed by atoms with Crippen molar-refractivity contribution in [2.75, 3.05) is 26.2 Å². The largest absolute Gasteiger partial charge is 0.419 e. The van der Waals surface area contributed by atoms with Gasteiger partial charge in [0.05, 0.1) is 12.0 Å². The lowest BCUT2D eigenvalue weighted by atomic mass is 9.99. The zero-order valence-corrected chi connectivity index (χ0v) is 11.9. The number of nitrogens with one attached hydrogen (secondary N) is 1. The first kappa shape index (κ1) is 18.0. The van der Waals surface area contributed by atoms with Crippen molar-refractivity contribution in [1.82, 2.24) is 10.2 Å². The summed E-state index contributed by atoms with van der Waals surface area (Å²) in [5.74, 6) is -1.56. The lowest BCUT2D eigenvalue weighted by Gasteiger charge is -2.35. The van der Waals surface area contributed by atoms with E-state index in [2.05, 4.69) is 5.32 Å². The number of nitrogens with zero attached hydrogens (tertiary/aromatic N) is 1. The summed E-state index contributed by atoms with van der Waals surface area (Å²) < 4.78 is 89.8. The van der Waals surface area contributed by atoms with Gasteiger partial charge in [0.1, 0.15) is 5.82 Å². The molecule has 1 fully saturated rings. The van der Waals surface area contributed by atoms with Crippen LogP contribution in [-0.4, -0.2) is 37.3 Å². The molecule has 1 aromatic carbocycles. The van der Waals surface area contributed by atoms with Gasteiger partial charge in [-0.25, -0.2) is 4.39 Å². The molecule has 0 amide bonds. The van der Waals surface area contributed by atoms with E-state index in [1.807, 2.05) is 0 Å². The zero-order valence-electron chi connectivity index (χ0n) is 11.9. The highest BCUT2D eigenvalue weighted by Crippen LogP contribution is 2.37. The Balaban J connectivity index is 2.33. The molecule has 1 N–H and O–H groups in total. The molecular formula is C14H15F7N2. The summed E-state index contributed by atoms with van der Waals surface area (Å²) in [6.07, 6.45) is -10.6. The van der Waals surface area contributed by atoms with Gasteiger partial charge in [-0.1, -0.05) is 6.07 Å². The highest BCUT2D eigenvalue weighted by atomic mass is 19.4. The average molecular weight is 344 g/mol. The van der Waals surface area contributed by atoms with E-state index in [1.54, 1.807) is 0 Å². The lowest BCUT2D eigenvalue weighted by Crippen LogP contribution is -2.46. The molecule has 0 unspecified atom stereocenters. The Hall–Kier alpha value is -1.35. The number of alkyl halides is 6. The molecule has 0 aromatic heterocycles. The summed E-state index contributed by atoms with van der Waals surface area (Å²) in [5, 5.41) is 2.98. The molecule has 0 saturated carbocycles. The Bertz CT molecular complexity index is 533. The molecule has 0 spiro atoms. The topological polar surface area (TPSA) is 15.3 Å². The molecule has 2 nitrogen and oxygen atoms in total. The average Bonchev–Trinajstić information content (AvgIpc) is 2.43. The molecule has 0 aliphatic carbocycles. The maximum atomic E-state index is 13.7. The van der Waals surface area contributed by atoms with Crippen LogP contribution in [0.25, 0.3) is 0 Å². The Morgan fingerprint density at radius 1 is 1.04 bits per heavy atom. The van der Waals surface area contributed by atoms with Gasteiger partial charge >= 0.3 is 12.4 Å². The van der Waals surface area contributed by atoms with Crippen molar-refractivity contribution in [2.45, 2.75) is 24.8 Å². The van der Waals surface area contributed by atoms with E-state index < -0.39 is 36.2 Å². The Morgan fingerprint density at radius 3 is 2.13 bits per heavy atom. The molecule has 1 aliphatic rings. The van der Waals surface area contributed by atoms with E-state index in [-0.39, 0.29) is 5.56 Å². The van der Waals surface area contributed by atoms with Crippen molar-refractivity contribution in [2.24, 2.45) is 0 Å². The minimum atomic E-state index is -4.88. The first-order valence-corrected chi connectivity index (χ1v) is 6.96. The summed E-state index contributed by atoms with van der Waals surface area (Å²) in [6, 6.07) is 0.774. The number of halogens is 7. The lowest BCUT2D eigenvalue weighted by molar-refractivity contribution is -0.149. The molecular weight excluding hydrogens is 329 g/mol. The molecule has 0 radical (unpaired) electrons. The summed E-state index contributed by atoms with van der Waals surface area (Å²) >= 11 is 0. The first-order valence-electron chi connectivity index (χ1n) is 6.96. The van der Waals surface area contributed by atoms with Crippen LogP contribution in [0.1, 0.15) is 23.6 Å². The van der Waals surface area contributed by atoms with E-state index in [4.69, 9.17) is 0 Å². The molecule has 23 heavy (non-hydrogen) atoms. The van der Waals surface area contributed by atoms with Crippen LogP contribution in [0.5, 0.6) is 0 Å². The fraction of sp³-hybridized carbons (Fsp3) is 0.571. The number of piperazine rings is 1.